The standard InChI is InChI=1S/C18H18FN3O2/c1-10-3-4-12(8-11(2)17(24)22-18(20)21)14(7-10)13-5-6-15(19)16(23)9-13/h3-9,23H,1-2H3,(H4,20,21,22,24)/b11-8+. The first-order chi connectivity index (χ1) is 11.3. The van der Waals surface area contributed by atoms with Crippen LogP contribution in [0.1, 0.15) is 18.1 Å². The van der Waals surface area contributed by atoms with Gasteiger partial charge in [0, 0.05) is 5.57 Å². The van der Waals surface area contributed by atoms with Crippen LogP contribution in [-0.4, -0.2) is 17.0 Å². The molecule has 124 valence electrons. The second-order valence-electron chi connectivity index (χ2n) is 5.45. The van der Waals surface area contributed by atoms with E-state index in [2.05, 4.69) is 5.32 Å². The zero-order valence-corrected chi connectivity index (χ0v) is 13.4. The lowest BCUT2D eigenvalue weighted by atomic mass is 9.96. The van der Waals surface area contributed by atoms with Crippen molar-refractivity contribution < 1.29 is 14.3 Å². The van der Waals surface area contributed by atoms with Crippen LogP contribution in [0.4, 0.5) is 4.39 Å². The Hall–Kier alpha value is -3.15. The number of nitrogens with two attached hydrogens (primary N) is 1. The van der Waals surface area contributed by atoms with E-state index in [1.165, 1.54) is 12.1 Å². The Balaban J connectivity index is 2.50. The molecule has 0 aliphatic rings. The smallest absolute Gasteiger partial charge is 0.253 e. The summed E-state index contributed by atoms with van der Waals surface area (Å²) in [6, 6.07) is 9.69. The number of benzene rings is 2. The van der Waals surface area contributed by atoms with E-state index in [1.807, 2.05) is 25.1 Å². The number of guanidine groups is 1. The number of aromatic hydroxyl groups is 1. The average molecular weight is 327 g/mol. The highest BCUT2D eigenvalue weighted by molar-refractivity contribution is 6.06. The molecule has 5 nitrogen and oxygen atoms in total. The van der Waals surface area contributed by atoms with Crippen molar-refractivity contribution in [2.75, 3.05) is 0 Å². The third kappa shape index (κ3) is 3.98. The van der Waals surface area contributed by atoms with Gasteiger partial charge in [-0.05, 0) is 48.7 Å². The number of hydrogen-bond donors (Lipinski definition) is 4. The molecule has 2 aromatic rings. The van der Waals surface area contributed by atoms with Gasteiger partial charge in [0.1, 0.15) is 0 Å². The van der Waals surface area contributed by atoms with Crippen molar-refractivity contribution in [2.24, 2.45) is 5.73 Å². The van der Waals surface area contributed by atoms with Gasteiger partial charge in [-0.1, -0.05) is 29.8 Å². The predicted molar refractivity (Wildman–Crippen MR) is 91.9 cm³/mol. The number of amides is 1. The van der Waals surface area contributed by atoms with Crippen molar-refractivity contribution in [2.45, 2.75) is 13.8 Å². The normalized spacial score (nSPS) is 11.2. The predicted octanol–water partition coefficient (Wildman–Crippen LogP) is 2.92. The van der Waals surface area contributed by atoms with Gasteiger partial charge in [-0.25, -0.2) is 4.39 Å². The molecule has 0 spiro atoms. The third-order valence-corrected chi connectivity index (χ3v) is 3.44. The van der Waals surface area contributed by atoms with Gasteiger partial charge in [-0.2, -0.15) is 0 Å². The Morgan fingerprint density at radius 2 is 2.00 bits per heavy atom. The number of carbonyl (C=O) groups is 1. The lowest BCUT2D eigenvalue weighted by Crippen LogP contribution is -2.36. The molecule has 6 heteroatoms. The average Bonchev–Trinajstić information content (AvgIpc) is 2.51. The summed E-state index contributed by atoms with van der Waals surface area (Å²) in [5.74, 6) is -2.04. The third-order valence-electron chi connectivity index (χ3n) is 3.44. The molecule has 0 saturated heterocycles. The van der Waals surface area contributed by atoms with Crippen LogP contribution in [0.15, 0.2) is 42.0 Å². The molecular formula is C18H18FN3O2. The molecule has 0 saturated carbocycles. The summed E-state index contributed by atoms with van der Waals surface area (Å²) in [6.45, 7) is 3.51. The van der Waals surface area contributed by atoms with Gasteiger partial charge in [0.05, 0.1) is 0 Å². The number of nitrogens with one attached hydrogen (secondary N) is 2. The van der Waals surface area contributed by atoms with Gasteiger partial charge in [0.25, 0.3) is 5.91 Å². The molecule has 2 rings (SSSR count). The van der Waals surface area contributed by atoms with Crippen molar-refractivity contribution in [3.8, 4) is 16.9 Å². The summed E-state index contributed by atoms with van der Waals surface area (Å²) < 4.78 is 13.3. The van der Waals surface area contributed by atoms with Crippen LogP contribution in [0.5, 0.6) is 5.75 Å². The Morgan fingerprint density at radius 1 is 1.29 bits per heavy atom. The Bertz CT molecular complexity index is 844. The van der Waals surface area contributed by atoms with Gasteiger partial charge in [-0.15, -0.1) is 0 Å². The second kappa shape index (κ2) is 6.95. The highest BCUT2D eigenvalue weighted by Crippen LogP contribution is 2.30. The van der Waals surface area contributed by atoms with E-state index >= 15 is 0 Å². The van der Waals surface area contributed by atoms with E-state index in [0.29, 0.717) is 11.1 Å². The van der Waals surface area contributed by atoms with Crippen LogP contribution in [0.25, 0.3) is 17.2 Å². The molecule has 0 unspecified atom stereocenters. The van der Waals surface area contributed by atoms with Crippen molar-refractivity contribution >= 4 is 17.9 Å². The Morgan fingerprint density at radius 3 is 2.62 bits per heavy atom. The van der Waals surface area contributed by atoms with Crippen LogP contribution in [-0.2, 0) is 4.79 Å². The molecule has 0 aromatic heterocycles. The number of aryl methyl sites for hydroxylation is 1. The first-order valence-corrected chi connectivity index (χ1v) is 7.21. The molecule has 0 aliphatic heterocycles. The first kappa shape index (κ1) is 17.2. The number of hydrogen-bond acceptors (Lipinski definition) is 3. The number of carbonyl (C=O) groups excluding carboxylic acids is 1. The van der Waals surface area contributed by atoms with Crippen LogP contribution in [0, 0.1) is 18.2 Å². The molecule has 2 aromatic carbocycles. The number of halogens is 1. The van der Waals surface area contributed by atoms with Gasteiger partial charge in [-0.3, -0.25) is 15.5 Å². The molecule has 1 amide bonds. The first-order valence-electron chi connectivity index (χ1n) is 7.21. The fourth-order valence-corrected chi connectivity index (χ4v) is 2.25. The molecule has 0 aliphatic carbocycles. The SMILES string of the molecule is C/C(=C\c1ccc(C)cc1-c1ccc(F)c(O)c1)C(=O)NC(=N)N. The van der Waals surface area contributed by atoms with Crippen molar-refractivity contribution in [3.63, 3.8) is 0 Å². The Labute approximate surface area is 139 Å². The minimum Gasteiger partial charge on any atom is -0.505 e. The van der Waals surface area contributed by atoms with Crippen molar-refractivity contribution in [3.05, 3.63) is 58.9 Å². The Kier molecular flexibility index (Phi) is 4.99. The largest absolute Gasteiger partial charge is 0.505 e. The molecular weight excluding hydrogens is 309 g/mol. The lowest BCUT2D eigenvalue weighted by Gasteiger charge is -2.10. The maximum Gasteiger partial charge on any atom is 0.253 e. The zero-order chi connectivity index (χ0) is 17.9. The fourth-order valence-electron chi connectivity index (χ4n) is 2.25. The summed E-state index contributed by atoms with van der Waals surface area (Å²) in [6.07, 6.45) is 1.65. The molecule has 5 N–H and O–H groups in total. The molecule has 0 fully saturated rings. The van der Waals surface area contributed by atoms with E-state index in [1.54, 1.807) is 19.1 Å². The highest BCUT2D eigenvalue weighted by Gasteiger charge is 2.10. The van der Waals surface area contributed by atoms with E-state index in [4.69, 9.17) is 11.1 Å². The molecule has 24 heavy (non-hydrogen) atoms. The molecule has 0 bridgehead atoms. The van der Waals surface area contributed by atoms with Crippen molar-refractivity contribution in [1.82, 2.24) is 5.32 Å². The summed E-state index contributed by atoms with van der Waals surface area (Å²) in [7, 11) is 0. The fraction of sp³-hybridized carbons (Fsp3) is 0.111. The number of rotatable bonds is 3. The van der Waals surface area contributed by atoms with Gasteiger partial charge >= 0.3 is 0 Å². The van der Waals surface area contributed by atoms with Crippen LogP contribution < -0.4 is 11.1 Å². The van der Waals surface area contributed by atoms with Crippen LogP contribution in [0.2, 0.25) is 0 Å². The minimum absolute atomic E-state index is 0.363. The van der Waals surface area contributed by atoms with Crippen LogP contribution >= 0.6 is 0 Å². The monoisotopic (exact) mass is 327 g/mol. The molecule has 0 atom stereocenters. The molecule has 0 heterocycles. The highest BCUT2D eigenvalue weighted by atomic mass is 19.1. The topological polar surface area (TPSA) is 99.2 Å². The van der Waals surface area contributed by atoms with Crippen LogP contribution in [0.3, 0.4) is 0 Å². The van der Waals surface area contributed by atoms with E-state index in [9.17, 15) is 14.3 Å². The minimum atomic E-state index is -0.694. The van der Waals surface area contributed by atoms with Crippen molar-refractivity contribution in [1.29, 1.82) is 5.41 Å². The summed E-state index contributed by atoms with van der Waals surface area (Å²) in [4.78, 5) is 11.9. The summed E-state index contributed by atoms with van der Waals surface area (Å²) in [5, 5.41) is 18.9. The maximum atomic E-state index is 13.3. The van der Waals surface area contributed by atoms with Gasteiger partial charge < -0.3 is 10.8 Å². The number of phenolic OH excluding ortho intramolecular Hbond substituents is 1. The van der Waals surface area contributed by atoms with Gasteiger partial charge in [0.15, 0.2) is 17.5 Å². The van der Waals surface area contributed by atoms with E-state index < -0.39 is 23.4 Å². The summed E-state index contributed by atoms with van der Waals surface area (Å²) in [5.41, 5.74) is 8.61. The zero-order valence-electron chi connectivity index (χ0n) is 13.4. The van der Waals surface area contributed by atoms with Gasteiger partial charge in [0.2, 0.25) is 0 Å². The molecule has 0 radical (unpaired) electrons. The van der Waals surface area contributed by atoms with E-state index in [0.717, 1.165) is 16.7 Å². The van der Waals surface area contributed by atoms with E-state index in [-0.39, 0.29) is 0 Å². The maximum absolute atomic E-state index is 13.3. The summed E-state index contributed by atoms with van der Waals surface area (Å²) >= 11 is 0. The number of phenols is 1. The quantitative estimate of drug-likeness (QED) is 0.396. The second-order valence-corrected chi connectivity index (χ2v) is 5.45. The lowest BCUT2D eigenvalue weighted by molar-refractivity contribution is -0.116.